The zero-order chi connectivity index (χ0) is 82.8. The number of aliphatic hydroxyl groups excluding tert-OH is 2. The summed E-state index contributed by atoms with van der Waals surface area (Å²) in [5.41, 5.74) is 1.59. The van der Waals surface area contributed by atoms with E-state index in [9.17, 15) is 88.9 Å². The van der Waals surface area contributed by atoms with Crippen LogP contribution in [0.4, 0.5) is 0 Å². The molecule has 0 radical (unpaired) electrons. The molecule has 12 atom stereocenters. The van der Waals surface area contributed by atoms with Crippen LogP contribution in [0.1, 0.15) is 101 Å². The van der Waals surface area contributed by atoms with Crippen molar-refractivity contribution in [1.82, 2.24) is 74.1 Å². The monoisotopic (exact) mass is 1740 g/mol. The van der Waals surface area contributed by atoms with Crippen LogP contribution in [0.15, 0.2) is 72.9 Å². The van der Waals surface area contributed by atoms with E-state index >= 15 is 0 Å². The third kappa shape index (κ3) is 46.7. The van der Waals surface area contributed by atoms with Crippen LogP contribution in [-0.2, 0) is 95.8 Å². The molecule has 15 N–H and O–H groups in total. The number of ketones is 3. The van der Waals surface area contributed by atoms with Crippen molar-refractivity contribution in [3.8, 4) is 11.3 Å². The van der Waals surface area contributed by atoms with Gasteiger partial charge < -0.3 is 88.4 Å². The summed E-state index contributed by atoms with van der Waals surface area (Å²) in [4.78, 5) is 163. The minimum absolute atomic E-state index is 0. The van der Waals surface area contributed by atoms with Crippen LogP contribution in [0.25, 0.3) is 11.3 Å². The van der Waals surface area contributed by atoms with Crippen molar-refractivity contribution in [1.29, 1.82) is 0 Å². The van der Waals surface area contributed by atoms with E-state index in [1.807, 2.05) is 0 Å². The predicted molar refractivity (Wildman–Crippen MR) is 391 cm³/mol. The quantitative estimate of drug-likeness (QED) is 0.00845. The first kappa shape index (κ1) is 114. The Balaban J connectivity index is -0.00000977. The van der Waals surface area contributed by atoms with Crippen LogP contribution in [0, 0.1) is 37.8 Å². The van der Waals surface area contributed by atoms with E-state index in [-0.39, 0.29) is 169 Å². The molecule has 48 heteroatoms. The van der Waals surface area contributed by atoms with Crippen molar-refractivity contribution in [3.05, 3.63) is 103 Å². The topological polar surface area (TPSA) is 614 Å². The van der Waals surface area contributed by atoms with Gasteiger partial charge in [0.2, 0.25) is 47.3 Å². The number of hydrogen-bond acceptors (Lipinski definition) is 31. The van der Waals surface area contributed by atoms with Gasteiger partial charge in [-0.05, 0) is 120 Å². The molecule has 114 heavy (non-hydrogen) atoms. The maximum Gasteiger partial charge on any atom is 1.00 e. The van der Waals surface area contributed by atoms with Gasteiger partial charge >= 0.3 is 139 Å². The fourth-order valence-corrected chi connectivity index (χ4v) is 11.8. The van der Waals surface area contributed by atoms with Crippen molar-refractivity contribution >= 4 is 118 Å². The molecule has 2 aromatic carbocycles. The first-order valence-corrected chi connectivity index (χ1v) is 39.9. The standard InChI is InChI=1S/C66H97ClN14O19S2.4Na.2O3S/c1-7-39(3)47-34-57(86)53(29-41-13-10-9-11-14-41)79-64(92)48(19-23-68-5)77-63(91)51(22-28-74-66(94)58(40(4)83)81-65(93)50(21-26-72-38-102(98,99)100)78-62(90)49(76-61(47)89)20-25-70-8-2)75-60(88)45(35-69-6)33-56(85)54(36-82)80-59(87)44(17-24-71-37-101(95,96)97)32-55(84)43-18-27-73-52(31-43)42-15-12-16-46(67)30-42;;;;;2*1-4(2)3/h9-16,18,27,30-31,39-40,44-45,47-51,53-54,58,68-72,82-83H,5-8,17,19-26,28-29,32-38H2,1-4H3,(H,74,94)(H,75,88)(H,76,89)(H,77,91)(H,78,90)(H,79,92)(H,80,87)(H,81,93)(H,95,96,97)(H,98,99,100);;;;;;/q-2;4*+1;;/p-2/t39-,40+,44+,45+,47-,48-,49-,50-,51-,53+,54-,58-;;;;;;/m0....../s1. The number of aliphatic hydroxyl groups is 2. The Morgan fingerprint density at radius 3 is 1.71 bits per heavy atom. The number of carbonyl (C=O) groups is 11. The van der Waals surface area contributed by atoms with E-state index in [2.05, 4.69) is 88.2 Å². The number of amides is 8. The molecule has 0 bridgehead atoms. The van der Waals surface area contributed by atoms with E-state index in [0.717, 1.165) is 6.92 Å². The van der Waals surface area contributed by atoms with Gasteiger partial charge in [0.15, 0.2) is 17.3 Å². The van der Waals surface area contributed by atoms with E-state index < -0.39 is 248 Å². The average Bonchev–Trinajstić information content (AvgIpc) is 0.868. The molecular weight excluding hydrogens is 1640 g/mol. The second-order valence-electron chi connectivity index (χ2n) is 25.1. The Morgan fingerprint density at radius 1 is 0.649 bits per heavy atom. The van der Waals surface area contributed by atoms with Crippen LogP contribution in [-0.4, -0.2) is 244 Å². The zero-order valence-corrected chi connectivity index (χ0v) is 76.7. The Kier molecular flexibility index (Phi) is 60.6. The Bertz CT molecular complexity index is 4030. The summed E-state index contributed by atoms with van der Waals surface area (Å²) >= 11 is 6.18. The van der Waals surface area contributed by atoms with Gasteiger partial charge in [-0.1, -0.05) is 81.3 Å². The molecule has 0 spiro atoms. The summed E-state index contributed by atoms with van der Waals surface area (Å²) in [5, 5.41) is 55.4. The molecule has 0 unspecified atom stereocenters. The van der Waals surface area contributed by atoms with Gasteiger partial charge in [0.05, 0.1) is 42.1 Å². The fourth-order valence-electron chi connectivity index (χ4n) is 10.9. The van der Waals surface area contributed by atoms with Crippen LogP contribution in [0.3, 0.4) is 0 Å². The van der Waals surface area contributed by atoms with Crippen molar-refractivity contribution in [2.75, 3.05) is 64.2 Å². The molecular formula is C66H95ClN14Na4O25S4. The second kappa shape index (κ2) is 60.8. The number of rotatable bonds is 36. The molecule has 0 saturated carbocycles. The Morgan fingerprint density at radius 2 is 1.18 bits per heavy atom. The summed E-state index contributed by atoms with van der Waals surface area (Å²) in [5.74, 6) is -16.7. The molecule has 39 nitrogen and oxygen atoms in total. The molecule has 8 amide bonds. The Labute approximate surface area is 758 Å². The third-order valence-corrected chi connectivity index (χ3v) is 18.2. The normalized spacial score (nSPS) is 19.3. The zero-order valence-electron chi connectivity index (χ0n) is 64.7. The second-order valence-corrected chi connectivity index (χ2v) is 29.2. The number of nitrogens with one attached hydrogen (secondary N) is 13. The minimum Gasteiger partial charge on any atom is -0.747 e. The van der Waals surface area contributed by atoms with Gasteiger partial charge in [0.1, 0.15) is 56.5 Å². The molecule has 0 aliphatic carbocycles. The number of hydrogen-bond donors (Lipinski definition) is 15. The smallest absolute Gasteiger partial charge is 0.747 e. The number of pyridine rings is 1. The number of benzene rings is 2. The van der Waals surface area contributed by atoms with Gasteiger partial charge in [0, 0.05) is 60.0 Å². The van der Waals surface area contributed by atoms with Gasteiger partial charge in [-0.15, -0.1) is 25.3 Å². The van der Waals surface area contributed by atoms with Gasteiger partial charge in [-0.2, -0.15) is 0 Å². The summed E-state index contributed by atoms with van der Waals surface area (Å²) in [6.45, 7) is 4.21. The van der Waals surface area contributed by atoms with Crippen molar-refractivity contribution in [2.45, 2.75) is 140 Å². The molecule has 1 saturated heterocycles. The minimum atomic E-state index is -4.83. The molecule has 1 aliphatic rings. The van der Waals surface area contributed by atoms with E-state index in [0.29, 0.717) is 34.8 Å². The third-order valence-electron chi connectivity index (χ3n) is 16.8. The first-order chi connectivity index (χ1) is 51.8. The predicted octanol–water partition coefficient (Wildman–Crippen LogP) is -16.6. The first-order valence-electron chi connectivity index (χ1n) is 34.3. The van der Waals surface area contributed by atoms with E-state index in [4.69, 9.17) is 36.9 Å². The number of nitrogens with zero attached hydrogens (tertiary/aromatic N) is 1. The average molecular weight is 1740 g/mol. The maximum atomic E-state index is 14.8. The molecule has 614 valence electrons. The molecule has 1 fully saturated rings. The number of Topliss-reactive ketones (excluding diaryl/α,β-unsaturated/α-hetero) is 3. The number of aromatic nitrogens is 1. The van der Waals surface area contributed by atoms with Gasteiger partial charge in [-0.3, -0.25) is 71.8 Å². The summed E-state index contributed by atoms with van der Waals surface area (Å²) in [7, 11) is -8.64. The van der Waals surface area contributed by atoms with Gasteiger partial charge in [0.25, 0.3) is 0 Å². The summed E-state index contributed by atoms with van der Waals surface area (Å²) in [6, 6.07) is 6.63. The largest absolute Gasteiger partial charge is 1.00 e. The molecule has 1 aromatic heterocycles. The van der Waals surface area contributed by atoms with Crippen molar-refractivity contribution < 1.29 is 232 Å². The number of carbonyl (C=O) groups excluding carboxylic acids is 11. The SMILES string of the molecule is O=S(=O)=O.O=S(=O)=O.[CH2-]NCC[C@@H]1NC(=O)[C@@H](NC(=O)[C@@H](CN[CH2-])CC(=O)[C@H](CO)NC(=O)[C@H](CCNCS(=O)(=O)[O-])CC(=O)c2ccnc(-c3cccc(Cl)c3)c2)CCNC(=O)[C@H]([C@@H](C)O)NC(=O)[C@H](CCNCS(=O)(=O)[O-])NC(=O)[C@H](CCNCC)NC(=O)[C@H]([C@@H](C)CC)CC(=O)[C@@H](Cc2ccccc2)NC1=O.[Na+].[Na+].[Na+].[Na+]. The van der Waals surface area contributed by atoms with Crippen LogP contribution in [0.5, 0.6) is 0 Å². The van der Waals surface area contributed by atoms with Gasteiger partial charge in [-0.25, -0.2) is 16.8 Å². The molecule has 3 aromatic rings. The van der Waals surface area contributed by atoms with Crippen LogP contribution >= 0.6 is 11.6 Å². The van der Waals surface area contributed by atoms with Crippen LogP contribution in [0.2, 0.25) is 5.02 Å². The molecule has 2 heterocycles. The van der Waals surface area contributed by atoms with Crippen molar-refractivity contribution in [2.24, 2.45) is 23.7 Å². The molecule has 4 rings (SSSR count). The molecule has 1 aliphatic heterocycles. The summed E-state index contributed by atoms with van der Waals surface area (Å²) in [6.07, 6.45) is -3.52. The van der Waals surface area contributed by atoms with E-state index in [1.165, 1.54) is 18.3 Å². The Hall–Kier alpha value is -4.57. The number of halogens is 1. The fraction of sp³-hybridized carbons (Fsp3) is 0.545. The van der Waals surface area contributed by atoms with Crippen molar-refractivity contribution in [3.63, 3.8) is 0 Å². The summed E-state index contributed by atoms with van der Waals surface area (Å²) < 4.78 is 119. The van der Waals surface area contributed by atoms with E-state index in [1.54, 1.807) is 75.4 Å². The maximum absolute atomic E-state index is 14.8. The van der Waals surface area contributed by atoms with Crippen LogP contribution < -0.4 is 187 Å².